The molecule has 29 heavy (non-hydrogen) atoms. The van der Waals surface area contributed by atoms with Gasteiger partial charge in [-0.1, -0.05) is 65.7 Å². The van der Waals surface area contributed by atoms with E-state index in [2.05, 4.69) is 36.5 Å². The Balaban J connectivity index is 1.66. The van der Waals surface area contributed by atoms with Crippen molar-refractivity contribution in [3.05, 3.63) is 82.4 Å². The molecule has 0 radical (unpaired) electrons. The first-order valence-corrected chi connectivity index (χ1v) is 10.6. The lowest BCUT2D eigenvalue weighted by atomic mass is 9.79. The second-order valence-corrected chi connectivity index (χ2v) is 8.19. The number of hydrogen-bond donors (Lipinski definition) is 2. The third kappa shape index (κ3) is 4.29. The minimum Gasteiger partial charge on any atom is -0.437 e. The highest BCUT2D eigenvalue weighted by molar-refractivity contribution is 5.77. The van der Waals surface area contributed by atoms with Crippen LogP contribution in [-0.2, 0) is 16.0 Å². The number of nitrogens with one attached hydrogen (secondary N) is 1. The molecular weight excluding hydrogens is 362 g/mol. The minimum atomic E-state index is -1.29. The summed E-state index contributed by atoms with van der Waals surface area (Å²) < 4.78 is 6.14. The molecule has 2 aromatic rings. The van der Waals surface area contributed by atoms with Crippen LogP contribution in [0.15, 0.2) is 65.7 Å². The molecule has 1 aliphatic carbocycles. The molecule has 2 atom stereocenters. The van der Waals surface area contributed by atoms with E-state index in [9.17, 15) is 9.90 Å². The quantitative estimate of drug-likeness (QED) is 0.587. The smallest absolute Gasteiger partial charge is 0.341 e. The van der Waals surface area contributed by atoms with Gasteiger partial charge in [-0.2, -0.15) is 0 Å². The summed E-state index contributed by atoms with van der Waals surface area (Å²) in [5.74, 6) is -0.602. The molecule has 0 saturated heterocycles. The third-order valence-electron chi connectivity index (χ3n) is 6.09. The maximum atomic E-state index is 13.0. The van der Waals surface area contributed by atoms with Crippen LogP contribution in [0.1, 0.15) is 54.9 Å². The van der Waals surface area contributed by atoms with Gasteiger partial charge in [-0.15, -0.1) is 0 Å². The Labute approximate surface area is 172 Å². The van der Waals surface area contributed by atoms with E-state index in [1.807, 2.05) is 18.2 Å². The van der Waals surface area contributed by atoms with Gasteiger partial charge in [0, 0.05) is 13.0 Å². The van der Waals surface area contributed by atoms with Crippen LogP contribution in [0.25, 0.3) is 0 Å². The molecule has 0 bridgehead atoms. The number of aliphatic hydroxyl groups is 1. The van der Waals surface area contributed by atoms with Gasteiger partial charge in [0.1, 0.15) is 0 Å². The lowest BCUT2D eigenvalue weighted by Crippen LogP contribution is -2.56. The molecule has 4 rings (SSSR count). The lowest BCUT2D eigenvalue weighted by Gasteiger charge is -2.43. The van der Waals surface area contributed by atoms with Gasteiger partial charge >= 0.3 is 5.97 Å². The second kappa shape index (κ2) is 8.52. The number of hydrogen-bond acceptors (Lipinski definition) is 4. The summed E-state index contributed by atoms with van der Waals surface area (Å²) in [6, 6.07) is 17.3. The fraction of sp³-hybridized carbons (Fsp3) is 0.400. The molecule has 1 aliphatic heterocycles. The van der Waals surface area contributed by atoms with Crippen LogP contribution in [0.5, 0.6) is 0 Å². The van der Waals surface area contributed by atoms with Gasteiger partial charge < -0.3 is 9.84 Å². The third-order valence-corrected chi connectivity index (χ3v) is 6.09. The molecule has 2 aliphatic rings. The summed E-state index contributed by atoms with van der Waals surface area (Å²) in [5, 5.41) is 14.1. The van der Waals surface area contributed by atoms with E-state index < -0.39 is 17.8 Å². The van der Waals surface area contributed by atoms with Gasteiger partial charge in [-0.25, -0.2) is 4.79 Å². The zero-order valence-corrected chi connectivity index (χ0v) is 17.0. The predicted molar refractivity (Wildman–Crippen MR) is 113 cm³/mol. The van der Waals surface area contributed by atoms with Crippen LogP contribution in [0.3, 0.4) is 0 Å². The van der Waals surface area contributed by atoms with Crippen molar-refractivity contribution >= 4 is 5.97 Å². The molecule has 4 nitrogen and oxygen atoms in total. The minimum absolute atomic E-state index is 0.552. The van der Waals surface area contributed by atoms with Crippen LogP contribution < -0.4 is 5.32 Å². The molecule has 0 fully saturated rings. The Morgan fingerprint density at radius 2 is 1.79 bits per heavy atom. The van der Waals surface area contributed by atoms with Crippen LogP contribution >= 0.6 is 0 Å². The van der Waals surface area contributed by atoms with E-state index in [1.54, 1.807) is 12.1 Å². The highest BCUT2D eigenvalue weighted by Crippen LogP contribution is 2.40. The van der Waals surface area contributed by atoms with Crippen molar-refractivity contribution < 1.29 is 14.6 Å². The average molecular weight is 392 g/mol. The zero-order chi connectivity index (χ0) is 20.3. The van der Waals surface area contributed by atoms with Gasteiger partial charge in [0.2, 0.25) is 0 Å². The Bertz CT molecular complexity index is 884. The van der Waals surface area contributed by atoms with E-state index in [0.29, 0.717) is 12.0 Å². The highest BCUT2D eigenvalue weighted by atomic mass is 16.6. The molecule has 152 valence electrons. The normalized spacial score (nSPS) is 22.7. The van der Waals surface area contributed by atoms with Crippen molar-refractivity contribution in [3.8, 4) is 0 Å². The topological polar surface area (TPSA) is 58.6 Å². The van der Waals surface area contributed by atoms with Crippen molar-refractivity contribution in [1.82, 2.24) is 5.32 Å². The van der Waals surface area contributed by atoms with Gasteiger partial charge in [0.25, 0.3) is 0 Å². The number of benzene rings is 2. The molecule has 2 N–H and O–H groups in total. The van der Waals surface area contributed by atoms with E-state index >= 15 is 0 Å². The molecule has 0 aromatic heterocycles. The van der Waals surface area contributed by atoms with Gasteiger partial charge in [0.05, 0.1) is 0 Å². The fourth-order valence-corrected chi connectivity index (χ4v) is 4.55. The number of carbonyl (C=O) groups is 1. The van der Waals surface area contributed by atoms with Crippen LogP contribution in [0.4, 0.5) is 0 Å². The summed E-state index contributed by atoms with van der Waals surface area (Å²) in [5.41, 5.74) is 4.62. The summed E-state index contributed by atoms with van der Waals surface area (Å²) in [4.78, 5) is 13.0. The van der Waals surface area contributed by atoms with Crippen molar-refractivity contribution in [2.45, 2.75) is 57.3 Å². The van der Waals surface area contributed by atoms with Crippen molar-refractivity contribution in [2.24, 2.45) is 0 Å². The number of rotatable bonds is 5. The molecule has 0 saturated carbocycles. The van der Waals surface area contributed by atoms with Gasteiger partial charge in [-0.3, -0.25) is 5.32 Å². The zero-order valence-electron chi connectivity index (χ0n) is 17.0. The molecule has 0 spiro atoms. The summed E-state index contributed by atoms with van der Waals surface area (Å²) >= 11 is 0. The monoisotopic (exact) mass is 391 g/mol. The Morgan fingerprint density at radius 1 is 1.07 bits per heavy atom. The number of aliphatic hydroxyl groups excluding tert-OH is 1. The van der Waals surface area contributed by atoms with Crippen LogP contribution in [-0.4, -0.2) is 23.3 Å². The maximum Gasteiger partial charge on any atom is 0.341 e. The summed E-state index contributed by atoms with van der Waals surface area (Å²) in [6.45, 7) is 2.84. The Morgan fingerprint density at radius 3 is 2.55 bits per heavy atom. The highest BCUT2D eigenvalue weighted by Gasteiger charge is 2.43. The number of carbonyl (C=O) groups excluding carboxylic acids is 1. The predicted octanol–water partition coefficient (Wildman–Crippen LogP) is 4.37. The molecule has 0 unspecified atom stereocenters. The van der Waals surface area contributed by atoms with Crippen LogP contribution in [0, 0.1) is 6.92 Å². The molecular formula is C25H29NO3. The van der Waals surface area contributed by atoms with E-state index in [1.165, 1.54) is 23.1 Å². The van der Waals surface area contributed by atoms with E-state index in [4.69, 9.17) is 4.74 Å². The Hall–Kier alpha value is -2.43. The molecule has 1 heterocycles. The van der Waals surface area contributed by atoms with Crippen molar-refractivity contribution in [1.29, 1.82) is 0 Å². The lowest BCUT2D eigenvalue weighted by molar-refractivity contribution is -0.170. The fourth-order valence-electron chi connectivity index (χ4n) is 4.55. The summed E-state index contributed by atoms with van der Waals surface area (Å²) in [6.07, 6.45) is 4.59. The van der Waals surface area contributed by atoms with Crippen molar-refractivity contribution in [2.75, 3.05) is 6.54 Å². The average Bonchev–Trinajstić information content (AvgIpc) is 2.76. The standard InChI is InChI=1S/C25H29NO3/c1-18-11-13-19(14-12-18)17-25(22-10-6-5-7-20(22)15-16-26-25)29-24(28)23(27)21-8-3-2-4-9-21/h2-4,8-9,11-14,23,26-27H,5-7,10,15-17H2,1H3/t23-,25+/m1/s1. The first-order chi connectivity index (χ1) is 14.1. The molecule has 4 heteroatoms. The number of esters is 1. The first kappa shape index (κ1) is 19.9. The second-order valence-electron chi connectivity index (χ2n) is 8.19. The summed E-state index contributed by atoms with van der Waals surface area (Å²) in [7, 11) is 0. The van der Waals surface area contributed by atoms with E-state index in [0.717, 1.165) is 37.8 Å². The first-order valence-electron chi connectivity index (χ1n) is 10.6. The van der Waals surface area contributed by atoms with Crippen LogP contribution in [0.2, 0.25) is 0 Å². The molecule has 0 amide bonds. The van der Waals surface area contributed by atoms with Gasteiger partial charge in [-0.05, 0) is 55.7 Å². The van der Waals surface area contributed by atoms with Crippen molar-refractivity contribution in [3.63, 3.8) is 0 Å². The maximum absolute atomic E-state index is 13.0. The number of aryl methyl sites for hydroxylation is 1. The largest absolute Gasteiger partial charge is 0.437 e. The number of ether oxygens (including phenoxy) is 1. The van der Waals surface area contributed by atoms with Gasteiger partial charge in [0.15, 0.2) is 11.8 Å². The Kier molecular flexibility index (Phi) is 5.84. The molecule has 2 aromatic carbocycles. The SMILES string of the molecule is Cc1ccc(C[C@@]2(OC(=O)[C@H](O)c3ccccc3)NCCC3=C2CCCC3)cc1. The van der Waals surface area contributed by atoms with E-state index in [-0.39, 0.29) is 0 Å².